The van der Waals surface area contributed by atoms with E-state index in [4.69, 9.17) is 9.84 Å². The maximum atomic E-state index is 8.92. The molecule has 0 bridgehead atoms. The van der Waals surface area contributed by atoms with Gasteiger partial charge in [-0.25, -0.2) is 0 Å². The zero-order valence-corrected chi connectivity index (χ0v) is 20.8. The quantitative estimate of drug-likeness (QED) is 0.566. The predicted octanol–water partition coefficient (Wildman–Crippen LogP) is 6.97. The fourth-order valence-electron chi connectivity index (χ4n) is 6.15. The Kier molecular flexibility index (Phi) is 7.09. The van der Waals surface area contributed by atoms with Crippen molar-refractivity contribution in [2.45, 2.75) is 104 Å². The summed E-state index contributed by atoms with van der Waals surface area (Å²) in [6.45, 7) is 21.0. The maximum Gasteiger partial charge on any atom is 0.0720 e. The van der Waals surface area contributed by atoms with Gasteiger partial charge < -0.3 is 9.84 Å². The van der Waals surface area contributed by atoms with Crippen molar-refractivity contribution in [3.8, 4) is 0 Å². The molecular weight excluding hydrogens is 368 g/mol. The van der Waals surface area contributed by atoms with Crippen LogP contribution in [0.3, 0.4) is 0 Å². The minimum absolute atomic E-state index is 0.258. The van der Waals surface area contributed by atoms with Crippen LogP contribution in [0.5, 0.6) is 0 Å². The van der Waals surface area contributed by atoms with Crippen LogP contribution >= 0.6 is 0 Å². The van der Waals surface area contributed by atoms with Gasteiger partial charge in [0.2, 0.25) is 0 Å². The van der Waals surface area contributed by atoms with E-state index in [-0.39, 0.29) is 10.8 Å². The Morgan fingerprint density at radius 2 is 1.53 bits per heavy atom. The molecule has 0 radical (unpaired) electrons. The van der Waals surface area contributed by atoms with Crippen LogP contribution in [-0.4, -0.2) is 18.3 Å². The average molecular weight is 415 g/mol. The molecule has 2 aliphatic carbocycles. The van der Waals surface area contributed by atoms with Crippen molar-refractivity contribution < 1.29 is 9.84 Å². The van der Waals surface area contributed by atoms with E-state index in [0.717, 1.165) is 25.0 Å². The molecule has 1 aliphatic heterocycles. The highest BCUT2D eigenvalue weighted by Gasteiger charge is 2.49. The SMILES string of the molecule is CC(C)C1CCC(CO)CC1.CC1COCc2cc3c(cc21)C(C)(C)C(C)C3(C)C. The average Bonchev–Trinajstić information content (AvgIpc) is 2.85. The number of aliphatic hydroxyl groups excluding tert-OH is 1. The summed E-state index contributed by atoms with van der Waals surface area (Å²) >= 11 is 0. The van der Waals surface area contributed by atoms with Crippen LogP contribution in [0.1, 0.15) is 109 Å². The summed E-state index contributed by atoms with van der Waals surface area (Å²) in [5.74, 6) is 3.58. The van der Waals surface area contributed by atoms with Gasteiger partial charge in [-0.15, -0.1) is 0 Å². The number of hydrogen-bond acceptors (Lipinski definition) is 2. The molecule has 1 fully saturated rings. The fourth-order valence-corrected chi connectivity index (χ4v) is 6.15. The third-order valence-electron chi connectivity index (χ3n) is 9.08. The van der Waals surface area contributed by atoms with Crippen molar-refractivity contribution >= 4 is 0 Å². The third-order valence-corrected chi connectivity index (χ3v) is 9.08. The van der Waals surface area contributed by atoms with Crippen molar-refractivity contribution in [2.24, 2.45) is 23.7 Å². The minimum atomic E-state index is 0.258. The lowest BCUT2D eigenvalue weighted by molar-refractivity contribution is 0.0949. The van der Waals surface area contributed by atoms with Gasteiger partial charge in [0, 0.05) is 12.5 Å². The first-order valence-electron chi connectivity index (χ1n) is 12.4. The Hall–Kier alpha value is -0.860. The van der Waals surface area contributed by atoms with E-state index in [2.05, 4.69) is 67.5 Å². The lowest BCUT2D eigenvalue weighted by atomic mass is 9.71. The summed E-state index contributed by atoms with van der Waals surface area (Å²) in [4.78, 5) is 0. The number of ether oxygens (including phenoxy) is 1. The standard InChI is InChI=1S/C18H26O.C10H20O/c1-11-9-19-10-13-7-15-16(8-14(11)13)18(5,6)12(2)17(15,3)4;1-8(2)10-5-3-9(7-11)4-6-10/h7-8,11-12H,9-10H2,1-6H3;8-11H,3-7H2,1-2H3. The van der Waals surface area contributed by atoms with Gasteiger partial charge in [-0.1, -0.05) is 67.5 Å². The summed E-state index contributed by atoms with van der Waals surface area (Å²) in [5, 5.41) is 8.92. The molecular formula is C28H46O2. The van der Waals surface area contributed by atoms with E-state index in [9.17, 15) is 0 Å². The molecule has 1 heterocycles. The molecule has 1 saturated carbocycles. The molecule has 0 amide bonds. The van der Waals surface area contributed by atoms with Crippen molar-refractivity contribution in [1.82, 2.24) is 0 Å². The highest BCUT2D eigenvalue weighted by molar-refractivity contribution is 5.51. The van der Waals surface area contributed by atoms with Crippen molar-refractivity contribution in [1.29, 1.82) is 0 Å². The first-order chi connectivity index (χ1) is 14.0. The van der Waals surface area contributed by atoms with E-state index in [1.165, 1.54) is 36.8 Å². The summed E-state index contributed by atoms with van der Waals surface area (Å²) < 4.78 is 5.71. The lowest BCUT2D eigenvalue weighted by Crippen LogP contribution is -2.30. The first kappa shape index (κ1) is 23.8. The molecule has 0 aromatic heterocycles. The number of fused-ring (bicyclic) bond motifs is 2. The van der Waals surface area contributed by atoms with Crippen LogP contribution in [-0.2, 0) is 22.2 Å². The Morgan fingerprint density at radius 3 is 2.07 bits per heavy atom. The van der Waals surface area contributed by atoms with E-state index in [1.54, 1.807) is 11.1 Å². The molecule has 1 N–H and O–H groups in total. The smallest absolute Gasteiger partial charge is 0.0720 e. The van der Waals surface area contributed by atoms with Gasteiger partial charge in [-0.3, -0.25) is 0 Å². The molecule has 0 spiro atoms. The molecule has 30 heavy (non-hydrogen) atoms. The van der Waals surface area contributed by atoms with Crippen LogP contribution in [0.15, 0.2) is 12.1 Å². The topological polar surface area (TPSA) is 29.5 Å². The summed E-state index contributed by atoms with van der Waals surface area (Å²) in [6.07, 6.45) is 5.17. The van der Waals surface area contributed by atoms with E-state index in [0.29, 0.717) is 24.4 Å². The molecule has 2 heteroatoms. The normalized spacial score (nSPS) is 31.5. The van der Waals surface area contributed by atoms with Crippen LogP contribution in [0.25, 0.3) is 0 Å². The van der Waals surface area contributed by atoms with Gasteiger partial charge >= 0.3 is 0 Å². The van der Waals surface area contributed by atoms with E-state index in [1.807, 2.05) is 0 Å². The lowest BCUT2D eigenvalue weighted by Gasteiger charge is -2.32. The van der Waals surface area contributed by atoms with Gasteiger partial charge in [0.1, 0.15) is 0 Å². The molecule has 2 unspecified atom stereocenters. The molecule has 170 valence electrons. The largest absolute Gasteiger partial charge is 0.396 e. The molecule has 4 rings (SSSR count). The highest BCUT2D eigenvalue weighted by Crippen LogP contribution is 2.54. The Labute approximate surface area is 185 Å². The van der Waals surface area contributed by atoms with Gasteiger partial charge in [0.15, 0.2) is 0 Å². The zero-order chi connectivity index (χ0) is 22.3. The predicted molar refractivity (Wildman–Crippen MR) is 127 cm³/mol. The highest BCUT2D eigenvalue weighted by atomic mass is 16.5. The van der Waals surface area contributed by atoms with Gasteiger partial charge in [-0.2, -0.15) is 0 Å². The second-order valence-electron chi connectivity index (χ2n) is 11.9. The summed E-state index contributed by atoms with van der Waals surface area (Å²) in [7, 11) is 0. The number of aliphatic hydroxyl groups is 1. The van der Waals surface area contributed by atoms with Crippen LogP contribution in [0.2, 0.25) is 0 Å². The summed E-state index contributed by atoms with van der Waals surface area (Å²) in [6, 6.07) is 4.93. The Morgan fingerprint density at radius 1 is 0.967 bits per heavy atom. The van der Waals surface area contributed by atoms with Crippen molar-refractivity contribution in [3.63, 3.8) is 0 Å². The van der Waals surface area contributed by atoms with Gasteiger partial charge in [0.05, 0.1) is 13.2 Å². The monoisotopic (exact) mass is 414 g/mol. The minimum Gasteiger partial charge on any atom is -0.396 e. The number of benzene rings is 1. The summed E-state index contributed by atoms with van der Waals surface area (Å²) in [5.41, 5.74) is 6.57. The van der Waals surface area contributed by atoms with Gasteiger partial charge in [-0.05, 0) is 82.4 Å². The zero-order valence-electron chi connectivity index (χ0n) is 20.8. The maximum absolute atomic E-state index is 8.92. The molecule has 1 aromatic rings. The molecule has 0 saturated heterocycles. The fraction of sp³-hybridized carbons (Fsp3) is 0.786. The first-order valence-corrected chi connectivity index (χ1v) is 12.4. The second-order valence-corrected chi connectivity index (χ2v) is 11.9. The van der Waals surface area contributed by atoms with Crippen LogP contribution in [0, 0.1) is 23.7 Å². The molecule has 3 aliphatic rings. The van der Waals surface area contributed by atoms with Crippen LogP contribution < -0.4 is 0 Å². The Balaban J connectivity index is 0.000000199. The van der Waals surface area contributed by atoms with Crippen LogP contribution in [0.4, 0.5) is 0 Å². The number of rotatable bonds is 2. The Bertz CT molecular complexity index is 722. The molecule has 1 aromatic carbocycles. The molecule has 2 nitrogen and oxygen atoms in total. The van der Waals surface area contributed by atoms with Crippen molar-refractivity contribution in [2.75, 3.05) is 13.2 Å². The number of hydrogen-bond donors (Lipinski definition) is 1. The van der Waals surface area contributed by atoms with Gasteiger partial charge in [0.25, 0.3) is 0 Å². The van der Waals surface area contributed by atoms with Crippen molar-refractivity contribution in [3.05, 3.63) is 34.4 Å². The molecule has 2 atom stereocenters. The van der Waals surface area contributed by atoms with E-state index >= 15 is 0 Å². The van der Waals surface area contributed by atoms with E-state index < -0.39 is 0 Å². The third kappa shape index (κ3) is 4.37. The second kappa shape index (κ2) is 8.94.